The quantitative estimate of drug-likeness (QED) is 0.694. The Morgan fingerprint density at radius 2 is 1.92 bits per heavy atom. The topological polar surface area (TPSA) is 76.9 Å². The summed E-state index contributed by atoms with van der Waals surface area (Å²) in [6.07, 6.45) is 2.20. The average Bonchev–Trinajstić information content (AvgIpc) is 3.04. The molecule has 136 valence electrons. The second kappa shape index (κ2) is 7.43. The Kier molecular flexibility index (Phi) is 5.24. The number of nitrogens with zero attached hydrogens (tertiary/aromatic N) is 3. The van der Waals surface area contributed by atoms with Gasteiger partial charge in [-0.2, -0.15) is 4.98 Å². The van der Waals surface area contributed by atoms with Crippen molar-refractivity contribution in [2.45, 2.75) is 24.8 Å². The van der Waals surface area contributed by atoms with Crippen LogP contribution in [0.3, 0.4) is 0 Å². The summed E-state index contributed by atoms with van der Waals surface area (Å²) in [6, 6.07) is 10.6. The minimum atomic E-state index is -3.78. The van der Waals surface area contributed by atoms with E-state index in [1.807, 2.05) is 6.92 Å². The molecule has 1 heterocycles. The Morgan fingerprint density at radius 3 is 2.58 bits per heavy atom. The molecule has 0 saturated heterocycles. The van der Waals surface area contributed by atoms with Gasteiger partial charge >= 0.3 is 0 Å². The van der Waals surface area contributed by atoms with E-state index in [0.29, 0.717) is 5.56 Å². The summed E-state index contributed by atoms with van der Waals surface area (Å²) in [4.78, 5) is 4.08. The van der Waals surface area contributed by atoms with Crippen LogP contribution in [0.4, 0.5) is 10.3 Å². The highest BCUT2D eigenvalue weighted by Crippen LogP contribution is 2.19. The van der Waals surface area contributed by atoms with E-state index in [2.05, 4.69) is 14.8 Å². The molecule has 0 amide bonds. The van der Waals surface area contributed by atoms with Gasteiger partial charge in [0.25, 0.3) is 16.0 Å². The van der Waals surface area contributed by atoms with E-state index < -0.39 is 15.8 Å². The van der Waals surface area contributed by atoms with Crippen molar-refractivity contribution in [3.8, 4) is 0 Å². The van der Waals surface area contributed by atoms with E-state index in [4.69, 9.17) is 11.6 Å². The van der Waals surface area contributed by atoms with E-state index >= 15 is 0 Å². The fourth-order valence-corrected chi connectivity index (χ4v) is 3.50. The molecular weight excluding hydrogens is 379 g/mol. The third-order valence-corrected chi connectivity index (χ3v) is 5.45. The van der Waals surface area contributed by atoms with Gasteiger partial charge in [-0.3, -0.25) is 0 Å². The zero-order chi connectivity index (χ0) is 18.7. The summed E-state index contributed by atoms with van der Waals surface area (Å²) < 4.78 is 41.6. The Labute approximate surface area is 155 Å². The first kappa shape index (κ1) is 18.3. The minimum Gasteiger partial charge on any atom is -0.246 e. The molecule has 1 N–H and O–H groups in total. The lowest BCUT2D eigenvalue weighted by Gasteiger charge is -2.06. The lowest BCUT2D eigenvalue weighted by Crippen LogP contribution is -2.14. The van der Waals surface area contributed by atoms with Crippen molar-refractivity contribution in [1.82, 2.24) is 14.8 Å². The highest BCUT2D eigenvalue weighted by atomic mass is 35.5. The van der Waals surface area contributed by atoms with Crippen LogP contribution in [0.15, 0.2) is 53.7 Å². The molecule has 0 bridgehead atoms. The van der Waals surface area contributed by atoms with Crippen LogP contribution in [-0.4, -0.2) is 23.2 Å². The van der Waals surface area contributed by atoms with Crippen molar-refractivity contribution in [3.05, 3.63) is 70.8 Å². The molecule has 0 unspecified atom stereocenters. The predicted molar refractivity (Wildman–Crippen MR) is 97.2 cm³/mol. The Hall–Kier alpha value is -2.45. The Bertz CT molecular complexity index is 1020. The van der Waals surface area contributed by atoms with E-state index in [1.54, 1.807) is 18.2 Å². The Balaban J connectivity index is 1.74. The van der Waals surface area contributed by atoms with Crippen molar-refractivity contribution >= 4 is 27.6 Å². The zero-order valence-corrected chi connectivity index (χ0v) is 15.4. The molecule has 0 aliphatic heterocycles. The maximum absolute atomic E-state index is 13.1. The SMILES string of the molecule is CCc1ccc(S(=O)(=O)Nc2ncn(Cc3ccc(F)cc3Cl)n2)cc1. The monoisotopic (exact) mass is 394 g/mol. The second-order valence-corrected chi connectivity index (χ2v) is 7.69. The number of hydrogen-bond donors (Lipinski definition) is 1. The van der Waals surface area contributed by atoms with E-state index in [9.17, 15) is 12.8 Å². The minimum absolute atomic E-state index is 0.0530. The van der Waals surface area contributed by atoms with Gasteiger partial charge < -0.3 is 0 Å². The van der Waals surface area contributed by atoms with Crippen LogP contribution in [0, 0.1) is 5.82 Å². The van der Waals surface area contributed by atoms with Gasteiger partial charge in [-0.1, -0.05) is 36.7 Å². The van der Waals surface area contributed by atoms with Crippen LogP contribution in [0.25, 0.3) is 0 Å². The summed E-state index contributed by atoms with van der Waals surface area (Å²) >= 11 is 5.98. The molecular formula is C17H16ClFN4O2S. The number of nitrogens with one attached hydrogen (secondary N) is 1. The number of anilines is 1. The van der Waals surface area contributed by atoms with E-state index in [0.717, 1.165) is 12.0 Å². The van der Waals surface area contributed by atoms with Crippen LogP contribution in [0.2, 0.25) is 5.02 Å². The smallest absolute Gasteiger partial charge is 0.246 e. The fourth-order valence-electron chi connectivity index (χ4n) is 2.33. The van der Waals surface area contributed by atoms with Gasteiger partial charge in [0.2, 0.25) is 0 Å². The normalized spacial score (nSPS) is 11.5. The average molecular weight is 395 g/mol. The first-order valence-electron chi connectivity index (χ1n) is 7.82. The first-order valence-corrected chi connectivity index (χ1v) is 9.68. The summed E-state index contributed by atoms with van der Waals surface area (Å²) in [5.74, 6) is -0.484. The number of aryl methyl sites for hydroxylation is 1. The lowest BCUT2D eigenvalue weighted by molar-refractivity contribution is 0.600. The third kappa shape index (κ3) is 4.20. The number of aromatic nitrogens is 3. The second-order valence-electron chi connectivity index (χ2n) is 5.60. The third-order valence-electron chi connectivity index (χ3n) is 3.75. The van der Waals surface area contributed by atoms with Gasteiger partial charge in [0.15, 0.2) is 0 Å². The summed E-state index contributed by atoms with van der Waals surface area (Å²) in [5, 5.41) is 4.34. The van der Waals surface area contributed by atoms with Crippen molar-refractivity contribution < 1.29 is 12.8 Å². The zero-order valence-electron chi connectivity index (χ0n) is 13.9. The van der Waals surface area contributed by atoms with Gasteiger partial charge in [0, 0.05) is 5.02 Å². The molecule has 0 fully saturated rings. The largest absolute Gasteiger partial charge is 0.264 e. The first-order chi connectivity index (χ1) is 12.4. The van der Waals surface area contributed by atoms with Crippen molar-refractivity contribution in [3.63, 3.8) is 0 Å². The predicted octanol–water partition coefficient (Wildman–Crippen LogP) is 3.48. The van der Waals surface area contributed by atoms with Crippen molar-refractivity contribution in [2.24, 2.45) is 0 Å². The van der Waals surface area contributed by atoms with Crippen LogP contribution < -0.4 is 4.72 Å². The molecule has 0 saturated carbocycles. The number of rotatable bonds is 6. The molecule has 26 heavy (non-hydrogen) atoms. The lowest BCUT2D eigenvalue weighted by atomic mass is 10.2. The summed E-state index contributed by atoms with van der Waals surface area (Å²) in [7, 11) is -3.78. The highest BCUT2D eigenvalue weighted by Gasteiger charge is 2.16. The highest BCUT2D eigenvalue weighted by molar-refractivity contribution is 7.92. The molecule has 9 heteroatoms. The molecule has 0 spiro atoms. The van der Waals surface area contributed by atoms with Crippen LogP contribution >= 0.6 is 11.6 Å². The molecule has 6 nitrogen and oxygen atoms in total. The van der Waals surface area contributed by atoms with Crippen molar-refractivity contribution in [1.29, 1.82) is 0 Å². The molecule has 0 aliphatic rings. The van der Waals surface area contributed by atoms with Crippen molar-refractivity contribution in [2.75, 3.05) is 4.72 Å². The summed E-state index contributed by atoms with van der Waals surface area (Å²) in [6.45, 7) is 2.23. The molecule has 3 aromatic rings. The fraction of sp³-hybridized carbons (Fsp3) is 0.176. The molecule has 3 rings (SSSR count). The molecule has 0 radical (unpaired) electrons. The van der Waals surface area contributed by atoms with Crippen LogP contribution in [-0.2, 0) is 23.0 Å². The van der Waals surface area contributed by atoms with Gasteiger partial charge in [-0.15, -0.1) is 5.10 Å². The number of sulfonamides is 1. The van der Waals surface area contributed by atoms with Crippen LogP contribution in [0.1, 0.15) is 18.1 Å². The van der Waals surface area contributed by atoms with Gasteiger partial charge in [-0.25, -0.2) is 22.2 Å². The molecule has 0 atom stereocenters. The number of halogens is 2. The maximum Gasteiger partial charge on any atom is 0.264 e. The van der Waals surface area contributed by atoms with Crippen LogP contribution in [0.5, 0.6) is 0 Å². The van der Waals surface area contributed by atoms with Gasteiger partial charge in [0.1, 0.15) is 12.1 Å². The van der Waals surface area contributed by atoms with E-state index in [1.165, 1.54) is 35.3 Å². The molecule has 0 aliphatic carbocycles. The molecule has 2 aromatic carbocycles. The van der Waals surface area contributed by atoms with Gasteiger partial charge in [0.05, 0.1) is 11.4 Å². The van der Waals surface area contributed by atoms with Gasteiger partial charge in [-0.05, 0) is 41.8 Å². The maximum atomic E-state index is 13.1. The number of benzene rings is 2. The number of hydrogen-bond acceptors (Lipinski definition) is 4. The standard InChI is InChI=1S/C17H16ClFN4O2S/c1-2-12-3-7-15(8-4-12)26(24,25)22-17-20-11-23(21-17)10-13-5-6-14(19)9-16(13)18/h3-9,11H,2,10H2,1H3,(H,21,22). The Morgan fingerprint density at radius 1 is 1.19 bits per heavy atom. The molecule has 1 aromatic heterocycles. The summed E-state index contributed by atoms with van der Waals surface area (Å²) in [5.41, 5.74) is 1.69. The van der Waals surface area contributed by atoms with E-state index in [-0.39, 0.29) is 22.4 Å².